The third kappa shape index (κ3) is 5.98. The number of hydrogen-bond acceptors (Lipinski definition) is 6. The summed E-state index contributed by atoms with van der Waals surface area (Å²) in [5.74, 6) is -0.319. The van der Waals surface area contributed by atoms with Crippen molar-refractivity contribution in [2.24, 2.45) is 0 Å². The molecule has 0 bridgehead atoms. The molecule has 29 heavy (non-hydrogen) atoms. The predicted octanol–water partition coefficient (Wildman–Crippen LogP) is 0.399. The van der Waals surface area contributed by atoms with Crippen molar-refractivity contribution >= 4 is 17.6 Å². The molecule has 0 radical (unpaired) electrons. The van der Waals surface area contributed by atoms with Crippen LogP contribution in [0.3, 0.4) is 0 Å². The number of carbonyl (C=O) groups excluding carboxylic acids is 2. The smallest absolute Gasteiger partial charge is 0.319 e. The number of nitrogens with one attached hydrogen (secondary N) is 3. The normalized spacial score (nSPS) is 23.4. The maximum Gasteiger partial charge on any atom is 0.319 e. The third-order valence-corrected chi connectivity index (χ3v) is 4.56. The summed E-state index contributed by atoms with van der Waals surface area (Å²) in [6, 6.07) is 12.0. The van der Waals surface area contributed by atoms with E-state index in [0.29, 0.717) is 12.2 Å². The van der Waals surface area contributed by atoms with Crippen molar-refractivity contribution in [1.29, 1.82) is 0 Å². The van der Waals surface area contributed by atoms with E-state index in [1.54, 1.807) is 42.7 Å². The highest BCUT2D eigenvalue weighted by Gasteiger charge is 2.43. The van der Waals surface area contributed by atoms with Gasteiger partial charge in [0.1, 0.15) is 18.3 Å². The van der Waals surface area contributed by atoms with E-state index in [-0.39, 0.29) is 18.9 Å². The number of urea groups is 1. The number of ether oxygens (including phenoxy) is 1. The summed E-state index contributed by atoms with van der Waals surface area (Å²) >= 11 is 0. The highest BCUT2D eigenvalue weighted by molar-refractivity contribution is 5.89. The van der Waals surface area contributed by atoms with Crippen LogP contribution in [0.15, 0.2) is 54.9 Å². The van der Waals surface area contributed by atoms with Gasteiger partial charge in [0, 0.05) is 31.2 Å². The van der Waals surface area contributed by atoms with Crippen molar-refractivity contribution in [2.45, 2.75) is 37.4 Å². The molecule has 9 nitrogen and oxygen atoms in total. The lowest BCUT2D eigenvalue weighted by molar-refractivity contribution is -0.125. The van der Waals surface area contributed by atoms with E-state index in [0.717, 1.165) is 5.56 Å². The van der Waals surface area contributed by atoms with Crippen molar-refractivity contribution in [3.05, 3.63) is 60.4 Å². The van der Waals surface area contributed by atoms with Crippen LogP contribution >= 0.6 is 0 Å². The number of hydrogen-bond donors (Lipinski definition) is 5. The molecule has 9 heteroatoms. The zero-order valence-corrected chi connectivity index (χ0v) is 15.7. The Morgan fingerprint density at radius 1 is 1.00 bits per heavy atom. The maximum absolute atomic E-state index is 12.1. The van der Waals surface area contributed by atoms with Gasteiger partial charge in [0.25, 0.3) is 0 Å². The number of amides is 3. The second kappa shape index (κ2) is 9.97. The van der Waals surface area contributed by atoms with E-state index < -0.39 is 30.4 Å². The van der Waals surface area contributed by atoms with E-state index in [1.165, 1.54) is 0 Å². The van der Waals surface area contributed by atoms with Crippen molar-refractivity contribution in [2.75, 3.05) is 11.9 Å². The number of aliphatic hydroxyl groups is 2. The van der Waals surface area contributed by atoms with Crippen LogP contribution in [0.5, 0.6) is 0 Å². The molecule has 0 aliphatic carbocycles. The van der Waals surface area contributed by atoms with E-state index in [9.17, 15) is 19.8 Å². The van der Waals surface area contributed by atoms with Gasteiger partial charge in [-0.1, -0.05) is 24.3 Å². The van der Waals surface area contributed by atoms with Crippen LogP contribution in [0.25, 0.3) is 0 Å². The quantitative estimate of drug-likeness (QED) is 0.457. The molecule has 0 unspecified atom stereocenters. The summed E-state index contributed by atoms with van der Waals surface area (Å²) < 4.78 is 5.59. The fraction of sp³-hybridized carbons (Fsp3) is 0.350. The van der Waals surface area contributed by atoms with Crippen molar-refractivity contribution < 1.29 is 24.5 Å². The predicted molar refractivity (Wildman–Crippen MR) is 105 cm³/mol. The highest BCUT2D eigenvalue weighted by atomic mass is 16.5. The fourth-order valence-corrected chi connectivity index (χ4v) is 3.01. The zero-order chi connectivity index (χ0) is 20.6. The minimum atomic E-state index is -1.22. The highest BCUT2D eigenvalue weighted by Crippen LogP contribution is 2.23. The van der Waals surface area contributed by atoms with Crippen LogP contribution in [-0.4, -0.2) is 58.1 Å². The number of anilines is 1. The number of aromatic nitrogens is 1. The molecule has 1 aromatic heterocycles. The number of pyridine rings is 1. The number of carbonyl (C=O) groups is 2. The van der Waals surface area contributed by atoms with Crippen molar-refractivity contribution in [1.82, 2.24) is 15.6 Å². The molecule has 3 rings (SSSR count). The molecule has 0 spiro atoms. The minimum Gasteiger partial charge on any atom is -0.388 e. The third-order valence-electron chi connectivity index (χ3n) is 4.56. The van der Waals surface area contributed by atoms with E-state index in [2.05, 4.69) is 20.9 Å². The molecule has 3 amide bonds. The first kappa shape index (κ1) is 20.7. The van der Waals surface area contributed by atoms with E-state index >= 15 is 0 Å². The Kier molecular flexibility index (Phi) is 7.12. The van der Waals surface area contributed by atoms with Gasteiger partial charge in [-0.3, -0.25) is 9.78 Å². The molecule has 0 saturated carbocycles. The first-order chi connectivity index (χ1) is 14.0. The SMILES string of the molecule is O=C(C[C@@H]1O[C@H](CNC(=O)Nc2ccccc2)[C@@H](O)[C@H]1O)NCc1cccnc1. The molecule has 1 aromatic carbocycles. The number of benzene rings is 1. The number of nitrogens with zero attached hydrogens (tertiary/aromatic N) is 1. The molecule has 4 atom stereocenters. The Morgan fingerprint density at radius 2 is 1.76 bits per heavy atom. The van der Waals surface area contributed by atoms with Crippen LogP contribution in [-0.2, 0) is 16.1 Å². The van der Waals surface area contributed by atoms with Crippen LogP contribution in [0.1, 0.15) is 12.0 Å². The summed E-state index contributed by atoms with van der Waals surface area (Å²) in [5.41, 5.74) is 1.47. The largest absolute Gasteiger partial charge is 0.388 e. The van der Waals surface area contributed by atoms with Crippen molar-refractivity contribution in [3.63, 3.8) is 0 Å². The summed E-state index contributed by atoms with van der Waals surface area (Å²) in [6.07, 6.45) is -0.918. The standard InChI is InChI=1S/C20H24N4O5/c25-17(22-11-13-5-4-8-21-10-13)9-15-18(26)19(27)16(29-15)12-23-20(28)24-14-6-2-1-3-7-14/h1-8,10,15-16,18-19,26-27H,9,11-12H2,(H,22,25)(H2,23,24,28)/t15-,16+,18-,19+/m0/s1. The minimum absolute atomic E-state index is 0.00923. The number of aliphatic hydroxyl groups excluding tert-OH is 2. The first-order valence-electron chi connectivity index (χ1n) is 9.30. The number of para-hydroxylation sites is 1. The summed E-state index contributed by atoms with van der Waals surface area (Å²) in [4.78, 5) is 28.0. The molecular weight excluding hydrogens is 376 g/mol. The fourth-order valence-electron chi connectivity index (χ4n) is 3.01. The van der Waals surface area contributed by atoms with Gasteiger partial charge in [-0.25, -0.2) is 4.79 Å². The van der Waals surface area contributed by atoms with E-state index in [1.807, 2.05) is 12.1 Å². The zero-order valence-electron chi connectivity index (χ0n) is 15.7. The second-order valence-corrected chi connectivity index (χ2v) is 6.74. The Bertz CT molecular complexity index is 805. The Hall–Kier alpha value is -3.01. The van der Waals surface area contributed by atoms with E-state index in [4.69, 9.17) is 4.74 Å². The average Bonchev–Trinajstić information content (AvgIpc) is 3.00. The lowest BCUT2D eigenvalue weighted by atomic mass is 10.1. The van der Waals surface area contributed by atoms with Gasteiger partial charge in [0.05, 0.1) is 12.5 Å². The van der Waals surface area contributed by atoms with Crippen LogP contribution in [0.2, 0.25) is 0 Å². The van der Waals surface area contributed by atoms with Gasteiger partial charge in [-0.2, -0.15) is 0 Å². The maximum atomic E-state index is 12.1. The topological polar surface area (TPSA) is 133 Å². The summed E-state index contributed by atoms with van der Waals surface area (Å²) in [6.45, 7) is 0.299. The molecule has 2 aromatic rings. The number of rotatable bonds is 7. The van der Waals surface area contributed by atoms with Gasteiger partial charge >= 0.3 is 6.03 Å². The second-order valence-electron chi connectivity index (χ2n) is 6.74. The molecule has 2 heterocycles. The summed E-state index contributed by atoms with van der Waals surface area (Å²) in [5, 5.41) is 28.3. The lowest BCUT2D eigenvalue weighted by Crippen LogP contribution is -2.41. The molecule has 1 fully saturated rings. The molecule has 1 aliphatic heterocycles. The Balaban J connectivity index is 1.43. The van der Waals surface area contributed by atoms with Gasteiger partial charge in [0.15, 0.2) is 0 Å². The molecule has 1 aliphatic rings. The Morgan fingerprint density at radius 3 is 2.48 bits per heavy atom. The van der Waals surface area contributed by atoms with Gasteiger partial charge in [0.2, 0.25) is 5.91 Å². The lowest BCUT2D eigenvalue weighted by Gasteiger charge is -2.15. The monoisotopic (exact) mass is 400 g/mol. The summed E-state index contributed by atoms with van der Waals surface area (Å²) in [7, 11) is 0. The van der Waals surface area contributed by atoms with Crippen LogP contribution < -0.4 is 16.0 Å². The van der Waals surface area contributed by atoms with Crippen molar-refractivity contribution in [3.8, 4) is 0 Å². The molecule has 154 valence electrons. The average molecular weight is 400 g/mol. The molecule has 1 saturated heterocycles. The first-order valence-corrected chi connectivity index (χ1v) is 9.30. The molecule has 5 N–H and O–H groups in total. The van der Waals surface area contributed by atoms with Crippen LogP contribution in [0, 0.1) is 0 Å². The van der Waals surface area contributed by atoms with Crippen LogP contribution in [0.4, 0.5) is 10.5 Å². The van der Waals surface area contributed by atoms with Gasteiger partial charge < -0.3 is 30.9 Å². The molecular formula is C20H24N4O5. The Labute approximate surface area is 168 Å². The van der Waals surface area contributed by atoms with Gasteiger partial charge in [-0.15, -0.1) is 0 Å². The van der Waals surface area contributed by atoms with Gasteiger partial charge in [-0.05, 0) is 23.8 Å².